The molecule has 1 aliphatic rings. The second kappa shape index (κ2) is 5.93. The molecule has 0 saturated carbocycles. The summed E-state index contributed by atoms with van der Waals surface area (Å²) >= 11 is 0. The minimum atomic E-state index is -0.176. The fourth-order valence-corrected chi connectivity index (χ4v) is 3.04. The molecule has 21 heavy (non-hydrogen) atoms. The predicted molar refractivity (Wildman–Crippen MR) is 85.5 cm³/mol. The number of methoxy groups -OCH3 is 1. The van der Waals surface area contributed by atoms with Gasteiger partial charge in [-0.2, -0.15) is 0 Å². The molecule has 1 aromatic rings. The summed E-state index contributed by atoms with van der Waals surface area (Å²) in [4.78, 5) is 14.8. The number of nitrogen functional groups attached to an aromatic ring is 1. The molecule has 0 radical (unpaired) electrons. The average Bonchev–Trinajstić information content (AvgIpc) is 2.79. The van der Waals surface area contributed by atoms with E-state index in [-0.39, 0.29) is 17.5 Å². The zero-order valence-electron chi connectivity index (χ0n) is 13.3. The molecule has 1 fully saturated rings. The van der Waals surface area contributed by atoms with Gasteiger partial charge in [0.1, 0.15) is 5.75 Å². The van der Waals surface area contributed by atoms with Crippen molar-refractivity contribution in [3.8, 4) is 5.75 Å². The first kappa shape index (κ1) is 15.6. The molecule has 1 aliphatic heterocycles. The van der Waals surface area contributed by atoms with Crippen molar-refractivity contribution >= 4 is 17.3 Å². The van der Waals surface area contributed by atoms with Gasteiger partial charge in [-0.3, -0.25) is 9.69 Å². The van der Waals surface area contributed by atoms with Gasteiger partial charge in [0.05, 0.1) is 18.8 Å². The molecule has 3 N–H and O–H groups in total. The lowest BCUT2D eigenvalue weighted by Gasteiger charge is -2.35. The third-order valence-corrected chi connectivity index (χ3v) is 4.30. The highest BCUT2D eigenvalue weighted by Crippen LogP contribution is 2.31. The number of nitrogens with two attached hydrogens (primary N) is 1. The lowest BCUT2D eigenvalue weighted by molar-refractivity contribution is -0.122. The first-order valence-electron chi connectivity index (χ1n) is 7.36. The van der Waals surface area contributed by atoms with Gasteiger partial charge in [0.25, 0.3) is 0 Å². The number of benzene rings is 1. The van der Waals surface area contributed by atoms with E-state index in [0.29, 0.717) is 17.1 Å². The van der Waals surface area contributed by atoms with Crippen molar-refractivity contribution in [1.82, 2.24) is 4.90 Å². The van der Waals surface area contributed by atoms with Gasteiger partial charge in [-0.05, 0) is 52.3 Å². The van der Waals surface area contributed by atoms with Gasteiger partial charge in [-0.25, -0.2) is 0 Å². The number of ether oxygens (including phenoxy) is 1. The number of likely N-dealkylation sites (tertiary alicyclic amines) is 1. The second-order valence-electron chi connectivity index (χ2n) is 6.23. The molecule has 1 atom stereocenters. The lowest BCUT2D eigenvalue weighted by atomic mass is 10.0. The number of rotatable bonds is 4. The van der Waals surface area contributed by atoms with Crippen LogP contribution in [-0.2, 0) is 4.79 Å². The van der Waals surface area contributed by atoms with E-state index in [1.807, 2.05) is 6.92 Å². The SMILES string of the molecule is COc1cc(N)ccc1NC(=O)C(C)N1CCCC1(C)C. The molecule has 1 saturated heterocycles. The van der Waals surface area contributed by atoms with Crippen LogP contribution in [0.15, 0.2) is 18.2 Å². The Balaban J connectivity index is 2.11. The Hall–Kier alpha value is -1.75. The first-order valence-corrected chi connectivity index (χ1v) is 7.36. The summed E-state index contributed by atoms with van der Waals surface area (Å²) < 4.78 is 5.26. The predicted octanol–water partition coefficient (Wildman–Crippen LogP) is 2.48. The Labute approximate surface area is 126 Å². The number of hydrogen-bond acceptors (Lipinski definition) is 4. The number of nitrogens with zero attached hydrogens (tertiary/aromatic N) is 1. The van der Waals surface area contributed by atoms with Gasteiger partial charge in [-0.1, -0.05) is 0 Å². The Morgan fingerprint density at radius 2 is 2.19 bits per heavy atom. The number of nitrogens with one attached hydrogen (secondary N) is 1. The Bertz CT molecular complexity index is 528. The summed E-state index contributed by atoms with van der Waals surface area (Å²) in [5.41, 5.74) is 7.06. The van der Waals surface area contributed by atoms with E-state index in [4.69, 9.17) is 10.5 Å². The minimum Gasteiger partial charge on any atom is -0.494 e. The quantitative estimate of drug-likeness (QED) is 0.836. The highest BCUT2D eigenvalue weighted by molar-refractivity contribution is 5.96. The highest BCUT2D eigenvalue weighted by atomic mass is 16.5. The van der Waals surface area contributed by atoms with Crippen molar-refractivity contribution < 1.29 is 9.53 Å². The van der Waals surface area contributed by atoms with Crippen LogP contribution in [0.5, 0.6) is 5.75 Å². The van der Waals surface area contributed by atoms with E-state index in [9.17, 15) is 4.79 Å². The molecule has 1 aromatic carbocycles. The normalized spacial score (nSPS) is 19.2. The van der Waals surface area contributed by atoms with Crippen molar-refractivity contribution in [2.45, 2.75) is 45.2 Å². The summed E-state index contributed by atoms with van der Waals surface area (Å²) in [5, 5.41) is 2.94. The molecule has 5 nitrogen and oxygen atoms in total. The van der Waals surface area contributed by atoms with Crippen molar-refractivity contribution in [2.24, 2.45) is 0 Å². The van der Waals surface area contributed by atoms with E-state index in [1.165, 1.54) is 0 Å². The maximum Gasteiger partial charge on any atom is 0.241 e. The van der Waals surface area contributed by atoms with E-state index in [1.54, 1.807) is 25.3 Å². The number of carbonyl (C=O) groups excluding carboxylic acids is 1. The van der Waals surface area contributed by atoms with E-state index in [2.05, 4.69) is 24.1 Å². The Kier molecular flexibility index (Phi) is 4.42. The van der Waals surface area contributed by atoms with Gasteiger partial charge in [0, 0.05) is 17.3 Å². The van der Waals surface area contributed by atoms with Crippen LogP contribution in [0.3, 0.4) is 0 Å². The lowest BCUT2D eigenvalue weighted by Crippen LogP contribution is -2.49. The molecule has 1 unspecified atom stereocenters. The van der Waals surface area contributed by atoms with Gasteiger partial charge in [0.15, 0.2) is 0 Å². The van der Waals surface area contributed by atoms with Crippen LogP contribution >= 0.6 is 0 Å². The van der Waals surface area contributed by atoms with E-state index >= 15 is 0 Å². The maximum absolute atomic E-state index is 12.5. The smallest absolute Gasteiger partial charge is 0.241 e. The molecule has 1 heterocycles. The summed E-state index contributed by atoms with van der Waals surface area (Å²) in [5.74, 6) is 0.560. The number of amides is 1. The van der Waals surface area contributed by atoms with Crippen LogP contribution in [0.2, 0.25) is 0 Å². The molecule has 5 heteroatoms. The van der Waals surface area contributed by atoms with Crippen molar-refractivity contribution in [2.75, 3.05) is 24.7 Å². The molecule has 0 aromatic heterocycles. The fourth-order valence-electron chi connectivity index (χ4n) is 3.04. The Morgan fingerprint density at radius 1 is 1.48 bits per heavy atom. The average molecular weight is 291 g/mol. The minimum absolute atomic E-state index is 0.0203. The highest BCUT2D eigenvalue weighted by Gasteiger charge is 2.37. The van der Waals surface area contributed by atoms with Gasteiger partial charge in [0.2, 0.25) is 5.91 Å². The van der Waals surface area contributed by atoms with Gasteiger partial charge in [-0.15, -0.1) is 0 Å². The van der Waals surface area contributed by atoms with Crippen molar-refractivity contribution in [3.05, 3.63) is 18.2 Å². The van der Waals surface area contributed by atoms with E-state index < -0.39 is 0 Å². The molecule has 1 amide bonds. The zero-order valence-corrected chi connectivity index (χ0v) is 13.3. The topological polar surface area (TPSA) is 67.6 Å². The third-order valence-electron chi connectivity index (χ3n) is 4.30. The summed E-state index contributed by atoms with van der Waals surface area (Å²) in [7, 11) is 1.57. The maximum atomic E-state index is 12.5. The van der Waals surface area contributed by atoms with Crippen LogP contribution in [-0.4, -0.2) is 36.0 Å². The molecule has 0 spiro atoms. The molecule has 116 valence electrons. The number of carbonyl (C=O) groups is 1. The second-order valence-corrected chi connectivity index (χ2v) is 6.23. The van der Waals surface area contributed by atoms with Crippen LogP contribution < -0.4 is 15.8 Å². The van der Waals surface area contributed by atoms with Crippen molar-refractivity contribution in [3.63, 3.8) is 0 Å². The molecular formula is C16H25N3O2. The molecular weight excluding hydrogens is 266 g/mol. The molecule has 0 aliphatic carbocycles. The van der Waals surface area contributed by atoms with E-state index in [0.717, 1.165) is 19.4 Å². The van der Waals surface area contributed by atoms with Crippen LogP contribution in [0.1, 0.15) is 33.6 Å². The number of anilines is 2. The first-order chi connectivity index (χ1) is 9.85. The van der Waals surface area contributed by atoms with Crippen LogP contribution in [0, 0.1) is 0 Å². The standard InChI is InChI=1S/C16H25N3O2/c1-11(19-9-5-8-16(19,2)3)15(20)18-13-7-6-12(17)10-14(13)21-4/h6-7,10-11H,5,8-9,17H2,1-4H3,(H,18,20). The molecule has 2 rings (SSSR count). The molecule has 0 bridgehead atoms. The third kappa shape index (κ3) is 3.29. The van der Waals surface area contributed by atoms with Crippen LogP contribution in [0.4, 0.5) is 11.4 Å². The summed E-state index contributed by atoms with van der Waals surface area (Å²) in [6.07, 6.45) is 2.26. The number of hydrogen-bond donors (Lipinski definition) is 2. The summed E-state index contributed by atoms with van der Waals surface area (Å²) in [6, 6.07) is 5.06. The summed E-state index contributed by atoms with van der Waals surface area (Å²) in [6.45, 7) is 7.29. The zero-order chi connectivity index (χ0) is 15.6. The Morgan fingerprint density at radius 3 is 2.76 bits per heavy atom. The van der Waals surface area contributed by atoms with Gasteiger partial charge >= 0.3 is 0 Å². The van der Waals surface area contributed by atoms with Crippen molar-refractivity contribution in [1.29, 1.82) is 0 Å². The van der Waals surface area contributed by atoms with Gasteiger partial charge < -0.3 is 15.8 Å². The monoisotopic (exact) mass is 291 g/mol. The largest absolute Gasteiger partial charge is 0.494 e. The van der Waals surface area contributed by atoms with Crippen LogP contribution in [0.25, 0.3) is 0 Å². The fraction of sp³-hybridized carbons (Fsp3) is 0.562.